The van der Waals surface area contributed by atoms with Crippen LogP contribution in [0, 0.1) is 5.92 Å². The molecule has 3 atom stereocenters. The summed E-state index contributed by atoms with van der Waals surface area (Å²) in [4.78, 5) is 0. The van der Waals surface area contributed by atoms with Gasteiger partial charge in [0.15, 0.2) is 0 Å². The minimum Gasteiger partial charge on any atom is -0.380 e. The quantitative estimate of drug-likeness (QED) is 0.708. The van der Waals surface area contributed by atoms with Crippen LogP contribution in [0.15, 0.2) is 0 Å². The van der Waals surface area contributed by atoms with Crippen molar-refractivity contribution in [3.05, 3.63) is 0 Å². The van der Waals surface area contributed by atoms with Gasteiger partial charge in [0.25, 0.3) is 0 Å². The van der Waals surface area contributed by atoms with E-state index >= 15 is 0 Å². The molecule has 3 unspecified atom stereocenters. The van der Waals surface area contributed by atoms with Gasteiger partial charge in [0.1, 0.15) is 0 Å². The van der Waals surface area contributed by atoms with Crippen molar-refractivity contribution in [2.24, 2.45) is 11.7 Å². The van der Waals surface area contributed by atoms with Crippen LogP contribution in [-0.2, 0) is 4.74 Å². The molecule has 1 aliphatic carbocycles. The van der Waals surface area contributed by atoms with Gasteiger partial charge < -0.3 is 15.8 Å². The Hall–Kier alpha value is -0.120. The summed E-state index contributed by atoms with van der Waals surface area (Å²) in [5.74, 6) is 0.812. The maximum Gasteiger partial charge on any atom is 0.0619 e. The van der Waals surface area contributed by atoms with Crippen LogP contribution >= 0.6 is 0 Å². The number of nitrogens with one attached hydrogen (secondary N) is 1. The lowest BCUT2D eigenvalue weighted by molar-refractivity contribution is 0.0691. The van der Waals surface area contributed by atoms with Gasteiger partial charge in [0, 0.05) is 18.7 Å². The predicted octanol–water partition coefficient (Wildman–Crippen LogP) is 0.882. The van der Waals surface area contributed by atoms with Gasteiger partial charge in [-0.25, -0.2) is 0 Å². The van der Waals surface area contributed by atoms with E-state index in [4.69, 9.17) is 10.5 Å². The van der Waals surface area contributed by atoms with E-state index in [-0.39, 0.29) is 0 Å². The van der Waals surface area contributed by atoms with E-state index in [1.165, 1.54) is 32.1 Å². The Labute approximate surface area is 86.4 Å². The summed E-state index contributed by atoms with van der Waals surface area (Å²) in [6.45, 7) is 2.99. The summed E-state index contributed by atoms with van der Waals surface area (Å²) in [5, 5.41) is 3.60. The first-order chi connectivity index (χ1) is 6.84. The van der Waals surface area contributed by atoms with Crippen LogP contribution in [0.2, 0.25) is 0 Å². The highest BCUT2D eigenvalue weighted by Gasteiger charge is 2.22. The monoisotopic (exact) mass is 198 g/mol. The highest BCUT2D eigenvalue weighted by molar-refractivity contribution is 4.80. The lowest BCUT2D eigenvalue weighted by Crippen LogP contribution is -2.39. The van der Waals surface area contributed by atoms with Crippen LogP contribution in [-0.4, -0.2) is 31.8 Å². The van der Waals surface area contributed by atoms with Gasteiger partial charge in [0.2, 0.25) is 0 Å². The Morgan fingerprint density at radius 2 is 2.21 bits per heavy atom. The fraction of sp³-hybridized carbons (Fsp3) is 1.00. The standard InChI is InChI=1S/C11H22N2O/c12-10-4-3-9(6-10)7-13-11-2-1-5-14-8-11/h9-11,13H,1-8,12H2. The maximum atomic E-state index is 5.88. The Bertz CT molecular complexity index is 164. The molecule has 0 spiro atoms. The number of ether oxygens (including phenoxy) is 1. The van der Waals surface area contributed by atoms with Crippen molar-refractivity contribution in [1.29, 1.82) is 0 Å². The fourth-order valence-corrected chi connectivity index (χ4v) is 2.53. The molecular formula is C11H22N2O. The summed E-state index contributed by atoms with van der Waals surface area (Å²) in [6, 6.07) is 1.06. The molecule has 3 nitrogen and oxygen atoms in total. The average molecular weight is 198 g/mol. The highest BCUT2D eigenvalue weighted by Crippen LogP contribution is 2.23. The topological polar surface area (TPSA) is 47.3 Å². The molecule has 0 aromatic carbocycles. The summed E-state index contributed by atoms with van der Waals surface area (Å²) in [5.41, 5.74) is 5.88. The van der Waals surface area contributed by atoms with E-state index in [9.17, 15) is 0 Å². The van der Waals surface area contributed by atoms with E-state index in [1.807, 2.05) is 0 Å². The summed E-state index contributed by atoms with van der Waals surface area (Å²) in [7, 11) is 0. The number of hydrogen-bond donors (Lipinski definition) is 2. The Kier molecular flexibility index (Phi) is 3.79. The van der Waals surface area contributed by atoms with Crippen LogP contribution < -0.4 is 11.1 Å². The van der Waals surface area contributed by atoms with Gasteiger partial charge in [-0.05, 0) is 44.6 Å². The molecular weight excluding hydrogens is 176 g/mol. The van der Waals surface area contributed by atoms with Crippen LogP contribution in [0.4, 0.5) is 0 Å². The molecule has 0 aromatic heterocycles. The lowest BCUT2D eigenvalue weighted by atomic mass is 10.1. The predicted molar refractivity (Wildman–Crippen MR) is 57.2 cm³/mol. The van der Waals surface area contributed by atoms with Crippen molar-refractivity contribution in [2.75, 3.05) is 19.8 Å². The summed E-state index contributed by atoms with van der Waals surface area (Å²) in [6.07, 6.45) is 6.22. The summed E-state index contributed by atoms with van der Waals surface area (Å²) < 4.78 is 5.43. The molecule has 0 radical (unpaired) electrons. The van der Waals surface area contributed by atoms with Crippen LogP contribution in [0.1, 0.15) is 32.1 Å². The van der Waals surface area contributed by atoms with Crippen LogP contribution in [0.25, 0.3) is 0 Å². The molecule has 3 N–H and O–H groups in total. The lowest BCUT2D eigenvalue weighted by Gasteiger charge is -2.24. The molecule has 82 valence electrons. The van der Waals surface area contributed by atoms with Gasteiger partial charge in [-0.1, -0.05) is 0 Å². The molecule has 0 aromatic rings. The van der Waals surface area contributed by atoms with E-state index in [0.717, 1.165) is 25.7 Å². The average Bonchev–Trinajstić information content (AvgIpc) is 2.63. The first kappa shape index (κ1) is 10.4. The first-order valence-corrected chi connectivity index (χ1v) is 5.91. The van der Waals surface area contributed by atoms with Gasteiger partial charge in [-0.2, -0.15) is 0 Å². The molecule has 0 amide bonds. The number of nitrogens with two attached hydrogens (primary N) is 1. The first-order valence-electron chi connectivity index (χ1n) is 5.91. The van der Waals surface area contributed by atoms with Crippen molar-refractivity contribution in [2.45, 2.75) is 44.2 Å². The number of rotatable bonds is 3. The third kappa shape index (κ3) is 2.94. The largest absolute Gasteiger partial charge is 0.380 e. The smallest absolute Gasteiger partial charge is 0.0619 e. The van der Waals surface area contributed by atoms with E-state index in [0.29, 0.717) is 12.1 Å². The van der Waals surface area contributed by atoms with Crippen molar-refractivity contribution in [1.82, 2.24) is 5.32 Å². The zero-order valence-corrected chi connectivity index (χ0v) is 8.87. The maximum absolute atomic E-state index is 5.88. The molecule has 3 heteroatoms. The van der Waals surface area contributed by atoms with Gasteiger partial charge in [-0.15, -0.1) is 0 Å². The van der Waals surface area contributed by atoms with Crippen molar-refractivity contribution >= 4 is 0 Å². The third-order valence-corrected chi connectivity index (χ3v) is 3.44. The minimum atomic E-state index is 0.462. The molecule has 14 heavy (non-hydrogen) atoms. The molecule has 2 fully saturated rings. The zero-order chi connectivity index (χ0) is 9.80. The molecule has 1 aliphatic heterocycles. The molecule has 1 saturated heterocycles. The highest BCUT2D eigenvalue weighted by atomic mass is 16.5. The molecule has 0 bridgehead atoms. The number of hydrogen-bond acceptors (Lipinski definition) is 3. The van der Waals surface area contributed by atoms with Crippen LogP contribution in [0.5, 0.6) is 0 Å². The van der Waals surface area contributed by atoms with Crippen molar-refractivity contribution < 1.29 is 4.74 Å². The molecule has 2 aliphatic rings. The third-order valence-electron chi connectivity index (χ3n) is 3.44. The second-order valence-corrected chi connectivity index (χ2v) is 4.76. The van der Waals surface area contributed by atoms with Crippen molar-refractivity contribution in [3.8, 4) is 0 Å². The van der Waals surface area contributed by atoms with E-state index < -0.39 is 0 Å². The second-order valence-electron chi connectivity index (χ2n) is 4.76. The van der Waals surface area contributed by atoms with Crippen molar-refractivity contribution in [3.63, 3.8) is 0 Å². The zero-order valence-electron chi connectivity index (χ0n) is 8.87. The van der Waals surface area contributed by atoms with E-state index in [1.54, 1.807) is 0 Å². The normalized spacial score (nSPS) is 38.8. The Morgan fingerprint density at radius 3 is 2.86 bits per heavy atom. The van der Waals surface area contributed by atoms with Gasteiger partial charge in [-0.3, -0.25) is 0 Å². The SMILES string of the molecule is NC1CCC(CNC2CCCOC2)C1. The molecule has 1 heterocycles. The fourth-order valence-electron chi connectivity index (χ4n) is 2.53. The minimum absolute atomic E-state index is 0.462. The van der Waals surface area contributed by atoms with Gasteiger partial charge >= 0.3 is 0 Å². The van der Waals surface area contributed by atoms with E-state index in [2.05, 4.69) is 5.32 Å². The van der Waals surface area contributed by atoms with Crippen LogP contribution in [0.3, 0.4) is 0 Å². The molecule has 2 rings (SSSR count). The summed E-state index contributed by atoms with van der Waals surface area (Å²) >= 11 is 0. The Balaban J connectivity index is 1.61. The van der Waals surface area contributed by atoms with Gasteiger partial charge in [0.05, 0.1) is 6.61 Å². The Morgan fingerprint density at radius 1 is 1.29 bits per heavy atom. The molecule has 1 saturated carbocycles. The second kappa shape index (κ2) is 5.10.